The number of rotatable bonds is 0. The molecule has 168 valence electrons. The summed E-state index contributed by atoms with van der Waals surface area (Å²) in [4.78, 5) is 35.1. The fourth-order valence-electron chi connectivity index (χ4n) is 3.61. The second-order valence-electron chi connectivity index (χ2n) is 8.41. The molecule has 1 aromatic heterocycles. The number of nitrogens with zero attached hydrogens (tertiary/aromatic N) is 3. The summed E-state index contributed by atoms with van der Waals surface area (Å²) in [6.45, 7) is 5.14. The number of guanidine groups is 1. The van der Waals surface area contributed by atoms with Crippen LogP contribution >= 0.6 is 27.5 Å². The molecule has 0 fully saturated rings. The summed E-state index contributed by atoms with van der Waals surface area (Å²) in [5.41, 5.74) is -1.44. The number of pyridine rings is 1. The Balaban J connectivity index is 1.94. The van der Waals surface area contributed by atoms with E-state index >= 15 is 0 Å². The van der Waals surface area contributed by atoms with Crippen molar-refractivity contribution in [2.45, 2.75) is 38.3 Å². The molecule has 1 spiro atoms. The summed E-state index contributed by atoms with van der Waals surface area (Å²) in [7, 11) is 1.48. The number of carbonyl (C=O) groups is 2. The van der Waals surface area contributed by atoms with Gasteiger partial charge in [0.2, 0.25) is 11.9 Å². The van der Waals surface area contributed by atoms with Gasteiger partial charge in [-0.3, -0.25) is 15.0 Å². The zero-order chi connectivity index (χ0) is 23.4. The molecule has 0 saturated carbocycles. The van der Waals surface area contributed by atoms with Crippen LogP contribution in [0.1, 0.15) is 38.3 Å². The Morgan fingerprint density at radius 2 is 2.06 bits per heavy atom. The summed E-state index contributed by atoms with van der Waals surface area (Å²) >= 11 is 9.47. The van der Waals surface area contributed by atoms with Crippen molar-refractivity contribution in [3.63, 3.8) is 0 Å². The molecule has 0 saturated heterocycles. The van der Waals surface area contributed by atoms with E-state index < -0.39 is 23.2 Å². The normalized spacial score (nSPS) is 19.7. The Morgan fingerprint density at radius 3 is 2.75 bits per heavy atom. The molecule has 1 atom stereocenters. The molecule has 2 aliphatic rings. The van der Waals surface area contributed by atoms with Crippen molar-refractivity contribution in [3.05, 3.63) is 51.0 Å². The van der Waals surface area contributed by atoms with Gasteiger partial charge in [0.05, 0.1) is 6.42 Å². The van der Waals surface area contributed by atoms with Crippen molar-refractivity contribution in [3.8, 4) is 11.5 Å². The summed E-state index contributed by atoms with van der Waals surface area (Å²) in [5, 5.41) is 2.41. The molecule has 3 heterocycles. The molecule has 1 N–H and O–H groups in total. The second kappa shape index (κ2) is 7.70. The molecule has 1 aromatic carbocycles. The van der Waals surface area contributed by atoms with Crippen molar-refractivity contribution in [1.29, 1.82) is 0 Å². The average Bonchev–Trinajstić information content (AvgIpc) is 2.66. The first-order valence-corrected chi connectivity index (χ1v) is 10.8. The van der Waals surface area contributed by atoms with Gasteiger partial charge in [-0.15, -0.1) is 0 Å². The van der Waals surface area contributed by atoms with E-state index in [0.717, 1.165) is 0 Å². The third-order valence-electron chi connectivity index (χ3n) is 4.95. The highest BCUT2D eigenvalue weighted by Crippen LogP contribution is 2.53. The van der Waals surface area contributed by atoms with Crippen LogP contribution in [0.2, 0.25) is 5.15 Å². The quantitative estimate of drug-likeness (QED) is 0.502. The largest absolute Gasteiger partial charge is 0.452 e. The molecule has 2 aromatic rings. The predicted molar refractivity (Wildman–Crippen MR) is 118 cm³/mol. The second-order valence-corrected chi connectivity index (χ2v) is 9.71. The lowest BCUT2D eigenvalue weighted by molar-refractivity contribution is -0.128. The maximum atomic E-state index is 14.7. The van der Waals surface area contributed by atoms with Crippen LogP contribution in [-0.2, 0) is 15.1 Å². The van der Waals surface area contributed by atoms with Crippen molar-refractivity contribution in [2.75, 3.05) is 7.05 Å². The van der Waals surface area contributed by atoms with Gasteiger partial charge in [-0.05, 0) is 45.0 Å². The molecule has 11 heteroatoms. The molecule has 0 aliphatic carbocycles. The van der Waals surface area contributed by atoms with E-state index in [0.29, 0.717) is 15.8 Å². The predicted octanol–water partition coefficient (Wildman–Crippen LogP) is 4.73. The van der Waals surface area contributed by atoms with Crippen LogP contribution in [0.3, 0.4) is 0 Å². The summed E-state index contributed by atoms with van der Waals surface area (Å²) in [6, 6.07) is 6.51. The maximum Gasteiger partial charge on any atom is 0.414 e. The summed E-state index contributed by atoms with van der Waals surface area (Å²) in [5.74, 6) is -1.21. The van der Waals surface area contributed by atoms with Gasteiger partial charge in [0.15, 0.2) is 5.75 Å². The van der Waals surface area contributed by atoms with Crippen molar-refractivity contribution in [2.24, 2.45) is 4.99 Å². The number of hydrogen-bond acceptors (Lipinski definition) is 6. The average molecular weight is 526 g/mol. The Hall–Kier alpha value is -2.72. The van der Waals surface area contributed by atoms with Crippen LogP contribution < -0.4 is 10.1 Å². The number of carbonyl (C=O) groups excluding carboxylic acids is 2. The molecule has 0 bridgehead atoms. The first kappa shape index (κ1) is 22.5. The number of fused-ring (bicyclic) bond motifs is 4. The van der Waals surface area contributed by atoms with Gasteiger partial charge >= 0.3 is 6.09 Å². The van der Waals surface area contributed by atoms with Crippen molar-refractivity contribution in [1.82, 2.24) is 15.2 Å². The minimum absolute atomic E-state index is 0.0531. The SMILES string of the molecule is CN1C(=O)C[C@@]2(N=C1NC(=O)OC(C)(C)C)c1cc(Br)ccc1Oc1c2cc(Cl)nc1F. The minimum Gasteiger partial charge on any atom is -0.452 e. The Bertz CT molecular complexity index is 1180. The van der Waals surface area contributed by atoms with E-state index in [-0.39, 0.29) is 34.8 Å². The van der Waals surface area contributed by atoms with E-state index in [9.17, 15) is 14.0 Å². The summed E-state index contributed by atoms with van der Waals surface area (Å²) in [6.07, 6.45) is -0.934. The Kier molecular flexibility index (Phi) is 5.41. The van der Waals surface area contributed by atoms with Gasteiger partial charge < -0.3 is 9.47 Å². The number of aromatic nitrogens is 1. The third-order valence-corrected chi connectivity index (χ3v) is 5.64. The highest BCUT2D eigenvalue weighted by atomic mass is 79.9. The Labute approximate surface area is 196 Å². The lowest BCUT2D eigenvalue weighted by Gasteiger charge is -2.41. The fourth-order valence-corrected chi connectivity index (χ4v) is 4.16. The molecular formula is C21H19BrClFN4O4. The number of amides is 2. The van der Waals surface area contributed by atoms with Crippen LogP contribution in [-0.4, -0.2) is 40.5 Å². The van der Waals surface area contributed by atoms with Crippen LogP contribution in [0.15, 0.2) is 33.7 Å². The fraction of sp³-hybridized carbons (Fsp3) is 0.333. The van der Waals surface area contributed by atoms with Gasteiger partial charge in [0.25, 0.3) is 5.95 Å². The van der Waals surface area contributed by atoms with Crippen LogP contribution in [0.4, 0.5) is 9.18 Å². The number of alkyl carbamates (subject to hydrolysis) is 1. The van der Waals surface area contributed by atoms with Crippen molar-refractivity contribution < 1.29 is 23.5 Å². The molecule has 2 amide bonds. The van der Waals surface area contributed by atoms with Crippen LogP contribution in [0.25, 0.3) is 0 Å². The number of aliphatic imine (C=N–C) groups is 1. The van der Waals surface area contributed by atoms with Gasteiger partial charge in [-0.1, -0.05) is 27.5 Å². The van der Waals surface area contributed by atoms with E-state index in [1.807, 2.05) is 0 Å². The minimum atomic E-state index is -1.41. The van der Waals surface area contributed by atoms with Crippen LogP contribution in [0.5, 0.6) is 11.5 Å². The molecular weight excluding hydrogens is 507 g/mol. The molecule has 2 aliphatic heterocycles. The van der Waals surface area contributed by atoms with E-state index in [1.165, 1.54) is 18.0 Å². The van der Waals surface area contributed by atoms with Crippen LogP contribution in [0, 0.1) is 5.95 Å². The molecule has 32 heavy (non-hydrogen) atoms. The zero-order valence-electron chi connectivity index (χ0n) is 17.6. The highest BCUT2D eigenvalue weighted by Gasteiger charge is 2.49. The van der Waals surface area contributed by atoms with Crippen molar-refractivity contribution >= 4 is 45.5 Å². The molecule has 0 unspecified atom stereocenters. The van der Waals surface area contributed by atoms with Gasteiger partial charge in [-0.2, -0.15) is 4.39 Å². The standard InChI is InChI=1S/C21H19BrClFN4O4/c1-20(2,3)32-19(30)26-18-27-21(9-15(29)28(18)4)11-7-10(22)5-6-13(11)31-16-12(21)8-14(23)25-17(16)24/h5-8H,9H2,1-4H3,(H,26,27,30)/t21-/m1/s1. The first-order chi connectivity index (χ1) is 14.9. The first-order valence-electron chi connectivity index (χ1n) is 9.60. The number of hydrogen-bond donors (Lipinski definition) is 1. The van der Waals surface area contributed by atoms with Gasteiger partial charge in [0, 0.05) is 22.6 Å². The molecule has 0 radical (unpaired) electrons. The topological polar surface area (TPSA) is 93.1 Å². The number of halogens is 3. The third kappa shape index (κ3) is 3.93. The molecule has 4 rings (SSSR count). The smallest absolute Gasteiger partial charge is 0.414 e. The van der Waals surface area contributed by atoms with E-state index in [2.05, 4.69) is 26.2 Å². The molecule has 8 nitrogen and oxygen atoms in total. The van der Waals surface area contributed by atoms with Gasteiger partial charge in [-0.25, -0.2) is 14.8 Å². The number of ether oxygens (including phenoxy) is 2. The lowest BCUT2D eigenvalue weighted by atomic mass is 9.77. The highest BCUT2D eigenvalue weighted by molar-refractivity contribution is 9.10. The van der Waals surface area contributed by atoms with Gasteiger partial charge in [0.1, 0.15) is 22.0 Å². The maximum absolute atomic E-state index is 14.7. The van der Waals surface area contributed by atoms with E-state index in [1.54, 1.807) is 39.0 Å². The van der Waals surface area contributed by atoms with E-state index in [4.69, 9.17) is 26.1 Å². The number of nitrogens with one attached hydrogen (secondary N) is 1. The monoisotopic (exact) mass is 524 g/mol. The zero-order valence-corrected chi connectivity index (χ0v) is 20.0. The number of benzene rings is 1. The lowest BCUT2D eigenvalue weighted by Crippen LogP contribution is -2.53. The summed E-state index contributed by atoms with van der Waals surface area (Å²) < 4.78 is 26.5. The Morgan fingerprint density at radius 1 is 1.34 bits per heavy atom.